The van der Waals surface area contributed by atoms with Crippen molar-refractivity contribution in [2.24, 2.45) is 5.73 Å². The third kappa shape index (κ3) is 5.90. The highest BCUT2D eigenvalue weighted by Crippen LogP contribution is 2.35. The summed E-state index contributed by atoms with van der Waals surface area (Å²) >= 11 is 0. The number of benzene rings is 2. The van der Waals surface area contributed by atoms with E-state index in [1.54, 1.807) is 41.3 Å². The second kappa shape index (κ2) is 10.7. The molecule has 2 aromatic carbocycles. The van der Waals surface area contributed by atoms with Crippen molar-refractivity contribution in [3.05, 3.63) is 70.9 Å². The normalized spacial score (nSPS) is 13.4. The SMILES string of the molecule is COc1cc(C(=O)N2CCCC2)ccc1Nc1ncc(C(F)(F)F)c(NCc2ccccc2C(N)=O)n1. The summed E-state index contributed by atoms with van der Waals surface area (Å²) in [6.07, 6.45) is -2.15. The van der Waals surface area contributed by atoms with Crippen LogP contribution < -0.4 is 21.1 Å². The lowest BCUT2D eigenvalue weighted by Gasteiger charge is -2.18. The predicted molar refractivity (Wildman–Crippen MR) is 131 cm³/mol. The van der Waals surface area contributed by atoms with E-state index in [1.807, 2.05) is 0 Å². The standard InChI is InChI=1S/C25H25F3N6O3/c1-37-20-12-15(23(36)34-10-4-5-11-34)8-9-19(20)32-24-31-14-18(25(26,27)28)22(33-24)30-13-16-6-2-3-7-17(16)21(29)35/h2-3,6-9,12,14H,4-5,10-11,13H2,1H3,(H2,29,35)(H2,30,31,32,33). The minimum atomic E-state index is -4.72. The number of aromatic nitrogens is 2. The fourth-order valence-electron chi connectivity index (χ4n) is 4.03. The molecule has 0 unspecified atom stereocenters. The minimum absolute atomic E-state index is 0.115. The van der Waals surface area contributed by atoms with Gasteiger partial charge in [0.25, 0.3) is 5.91 Å². The number of carbonyl (C=O) groups is 2. The van der Waals surface area contributed by atoms with Crippen LogP contribution in [-0.4, -0.2) is 46.9 Å². The van der Waals surface area contributed by atoms with Crippen LogP contribution >= 0.6 is 0 Å². The number of ether oxygens (including phenoxy) is 1. The number of alkyl halides is 3. The highest BCUT2D eigenvalue weighted by molar-refractivity contribution is 5.95. The molecule has 2 heterocycles. The van der Waals surface area contributed by atoms with Gasteiger partial charge in [-0.05, 0) is 42.7 Å². The zero-order valence-corrected chi connectivity index (χ0v) is 19.9. The van der Waals surface area contributed by atoms with Crippen LogP contribution in [0.15, 0.2) is 48.7 Å². The quantitative estimate of drug-likeness (QED) is 0.412. The highest BCUT2D eigenvalue weighted by Gasteiger charge is 2.35. The molecular formula is C25H25F3N6O3. The lowest BCUT2D eigenvalue weighted by atomic mass is 10.1. The maximum Gasteiger partial charge on any atom is 0.421 e. The molecule has 0 bridgehead atoms. The molecule has 0 saturated carbocycles. The zero-order valence-electron chi connectivity index (χ0n) is 19.9. The lowest BCUT2D eigenvalue weighted by Crippen LogP contribution is -2.27. The van der Waals surface area contributed by atoms with Gasteiger partial charge in [-0.2, -0.15) is 18.2 Å². The van der Waals surface area contributed by atoms with Gasteiger partial charge in [-0.25, -0.2) is 4.98 Å². The van der Waals surface area contributed by atoms with Gasteiger partial charge >= 0.3 is 6.18 Å². The van der Waals surface area contributed by atoms with Crippen LogP contribution in [0.3, 0.4) is 0 Å². The van der Waals surface area contributed by atoms with E-state index in [9.17, 15) is 22.8 Å². The van der Waals surface area contributed by atoms with E-state index in [4.69, 9.17) is 10.5 Å². The Bertz CT molecular complexity index is 1310. The van der Waals surface area contributed by atoms with Crippen LogP contribution in [0.1, 0.15) is 44.7 Å². The molecule has 37 heavy (non-hydrogen) atoms. The number of likely N-dealkylation sites (tertiary alicyclic amines) is 1. The molecule has 4 rings (SSSR count). The monoisotopic (exact) mass is 514 g/mol. The first-order chi connectivity index (χ1) is 17.7. The molecule has 194 valence electrons. The topological polar surface area (TPSA) is 122 Å². The summed E-state index contributed by atoms with van der Waals surface area (Å²) in [5.74, 6) is -1.12. The number of carbonyl (C=O) groups excluding carboxylic acids is 2. The van der Waals surface area contributed by atoms with Crippen LogP contribution in [-0.2, 0) is 12.7 Å². The second-order valence-electron chi connectivity index (χ2n) is 8.37. The number of anilines is 3. The van der Waals surface area contributed by atoms with Crippen molar-refractivity contribution in [3.8, 4) is 5.75 Å². The Morgan fingerprint density at radius 2 is 1.86 bits per heavy atom. The van der Waals surface area contributed by atoms with Gasteiger partial charge in [-0.15, -0.1) is 0 Å². The molecule has 1 fully saturated rings. The van der Waals surface area contributed by atoms with Crippen molar-refractivity contribution >= 4 is 29.3 Å². The number of primary amides is 1. The first-order valence-electron chi connectivity index (χ1n) is 11.5. The molecular weight excluding hydrogens is 489 g/mol. The molecule has 0 spiro atoms. The Hall–Kier alpha value is -4.35. The zero-order chi connectivity index (χ0) is 26.6. The molecule has 4 N–H and O–H groups in total. The Balaban J connectivity index is 1.59. The molecule has 2 amide bonds. The van der Waals surface area contributed by atoms with Gasteiger partial charge in [0.05, 0.1) is 12.8 Å². The number of methoxy groups -OCH3 is 1. The summed E-state index contributed by atoms with van der Waals surface area (Å²) in [6, 6.07) is 11.1. The summed E-state index contributed by atoms with van der Waals surface area (Å²) in [5, 5.41) is 5.49. The van der Waals surface area contributed by atoms with Crippen LogP contribution in [0, 0.1) is 0 Å². The second-order valence-corrected chi connectivity index (χ2v) is 8.37. The number of hydrogen-bond acceptors (Lipinski definition) is 7. The van der Waals surface area contributed by atoms with E-state index in [1.165, 1.54) is 13.2 Å². The van der Waals surface area contributed by atoms with E-state index in [-0.39, 0.29) is 24.0 Å². The summed E-state index contributed by atoms with van der Waals surface area (Å²) in [5.41, 5.74) is 5.69. The van der Waals surface area contributed by atoms with Crippen molar-refractivity contribution in [1.29, 1.82) is 0 Å². The Morgan fingerprint density at radius 1 is 1.14 bits per heavy atom. The number of nitrogens with one attached hydrogen (secondary N) is 2. The van der Waals surface area contributed by atoms with Gasteiger partial charge in [0.2, 0.25) is 11.9 Å². The van der Waals surface area contributed by atoms with Gasteiger partial charge in [0.1, 0.15) is 17.1 Å². The van der Waals surface area contributed by atoms with Crippen LogP contribution in [0.25, 0.3) is 0 Å². The molecule has 0 radical (unpaired) electrons. The molecule has 0 aliphatic carbocycles. The maximum absolute atomic E-state index is 13.6. The van der Waals surface area contributed by atoms with Gasteiger partial charge in [-0.3, -0.25) is 9.59 Å². The first kappa shape index (κ1) is 25.7. The smallest absolute Gasteiger partial charge is 0.421 e. The number of amides is 2. The predicted octanol–water partition coefficient (Wildman–Crippen LogP) is 4.19. The molecule has 0 atom stereocenters. The number of hydrogen-bond donors (Lipinski definition) is 3. The third-order valence-corrected chi connectivity index (χ3v) is 5.91. The molecule has 9 nitrogen and oxygen atoms in total. The van der Waals surface area contributed by atoms with Gasteiger partial charge in [0, 0.05) is 37.0 Å². The third-order valence-electron chi connectivity index (χ3n) is 5.91. The van der Waals surface area contributed by atoms with Crippen molar-refractivity contribution in [3.63, 3.8) is 0 Å². The Morgan fingerprint density at radius 3 is 2.54 bits per heavy atom. The Labute approximate surface area is 210 Å². The lowest BCUT2D eigenvalue weighted by molar-refractivity contribution is -0.137. The van der Waals surface area contributed by atoms with E-state index >= 15 is 0 Å². The van der Waals surface area contributed by atoms with Crippen LogP contribution in [0.5, 0.6) is 5.75 Å². The van der Waals surface area contributed by atoms with Crippen molar-refractivity contribution in [2.75, 3.05) is 30.8 Å². The minimum Gasteiger partial charge on any atom is -0.495 e. The van der Waals surface area contributed by atoms with Crippen molar-refractivity contribution < 1.29 is 27.5 Å². The van der Waals surface area contributed by atoms with Gasteiger partial charge < -0.3 is 26.0 Å². The van der Waals surface area contributed by atoms with E-state index < -0.39 is 23.5 Å². The molecule has 1 aliphatic heterocycles. The van der Waals surface area contributed by atoms with Crippen LogP contribution in [0.2, 0.25) is 0 Å². The van der Waals surface area contributed by atoms with Gasteiger partial charge in [0.15, 0.2) is 0 Å². The first-order valence-corrected chi connectivity index (χ1v) is 11.5. The average molecular weight is 515 g/mol. The summed E-state index contributed by atoms with van der Waals surface area (Å²) in [6.45, 7) is 1.26. The van der Waals surface area contributed by atoms with Gasteiger partial charge in [-0.1, -0.05) is 18.2 Å². The number of rotatable bonds is 8. The maximum atomic E-state index is 13.6. The fraction of sp³-hybridized carbons (Fsp3) is 0.280. The number of halogens is 3. The molecule has 1 aromatic heterocycles. The molecule has 12 heteroatoms. The van der Waals surface area contributed by atoms with Crippen LogP contribution in [0.4, 0.5) is 30.6 Å². The summed E-state index contributed by atoms with van der Waals surface area (Å²) in [4.78, 5) is 33.9. The van der Waals surface area contributed by atoms with E-state index in [0.717, 1.165) is 12.8 Å². The van der Waals surface area contributed by atoms with E-state index in [2.05, 4.69) is 20.6 Å². The van der Waals surface area contributed by atoms with Crippen molar-refractivity contribution in [1.82, 2.24) is 14.9 Å². The number of nitrogens with two attached hydrogens (primary N) is 1. The molecule has 1 saturated heterocycles. The average Bonchev–Trinajstić information content (AvgIpc) is 3.42. The molecule has 1 aliphatic rings. The highest BCUT2D eigenvalue weighted by atomic mass is 19.4. The summed E-state index contributed by atoms with van der Waals surface area (Å²) in [7, 11) is 1.42. The molecule has 3 aromatic rings. The fourth-order valence-corrected chi connectivity index (χ4v) is 4.03. The number of nitrogens with zero attached hydrogens (tertiary/aromatic N) is 3. The Kier molecular flexibility index (Phi) is 7.46. The summed E-state index contributed by atoms with van der Waals surface area (Å²) < 4.78 is 46.3. The van der Waals surface area contributed by atoms with E-state index in [0.29, 0.717) is 41.9 Å². The van der Waals surface area contributed by atoms with Crippen molar-refractivity contribution in [2.45, 2.75) is 25.6 Å². The largest absolute Gasteiger partial charge is 0.495 e.